The van der Waals surface area contributed by atoms with Gasteiger partial charge < -0.3 is 10.8 Å². The molecule has 0 aliphatic heterocycles. The maximum Gasteiger partial charge on any atom is 0.335 e. The van der Waals surface area contributed by atoms with Gasteiger partial charge in [0.15, 0.2) is 9.84 Å². The molecule has 0 atom stereocenters. The molecule has 1 rings (SSSR count). The van der Waals surface area contributed by atoms with Crippen LogP contribution in [0.4, 0.5) is 5.69 Å². The number of carboxylic acid groups (broad SMARTS) is 1. The third-order valence-electron chi connectivity index (χ3n) is 2.21. The summed E-state index contributed by atoms with van der Waals surface area (Å²) in [5.74, 6) is -1.32. The van der Waals surface area contributed by atoms with Crippen molar-refractivity contribution in [3.8, 4) is 0 Å². The standard InChI is InChI=1S/C10H13NO4S/c1-2-16(14,15)6-8-5-7(10(12)13)3-4-9(8)11/h3-5H,2,6,11H2,1H3,(H,12,13). The fourth-order valence-electron chi connectivity index (χ4n) is 1.20. The molecule has 0 aliphatic carbocycles. The van der Waals surface area contributed by atoms with E-state index in [0.29, 0.717) is 11.3 Å². The summed E-state index contributed by atoms with van der Waals surface area (Å²) in [4.78, 5) is 10.7. The zero-order valence-electron chi connectivity index (χ0n) is 8.80. The lowest BCUT2D eigenvalue weighted by Gasteiger charge is -2.06. The highest BCUT2D eigenvalue weighted by Gasteiger charge is 2.13. The topological polar surface area (TPSA) is 97.5 Å². The average Bonchev–Trinajstić information content (AvgIpc) is 2.21. The van der Waals surface area contributed by atoms with Crippen molar-refractivity contribution >= 4 is 21.5 Å². The van der Waals surface area contributed by atoms with Crippen molar-refractivity contribution in [1.29, 1.82) is 0 Å². The molecule has 0 aliphatic rings. The monoisotopic (exact) mass is 243 g/mol. The Morgan fingerprint density at radius 1 is 1.44 bits per heavy atom. The van der Waals surface area contributed by atoms with E-state index in [9.17, 15) is 13.2 Å². The Morgan fingerprint density at radius 2 is 2.06 bits per heavy atom. The van der Waals surface area contributed by atoms with Crippen LogP contribution in [-0.2, 0) is 15.6 Å². The predicted molar refractivity (Wildman–Crippen MR) is 61.0 cm³/mol. The van der Waals surface area contributed by atoms with Gasteiger partial charge in [0.25, 0.3) is 0 Å². The number of nitrogen functional groups attached to an aromatic ring is 1. The first-order chi connectivity index (χ1) is 7.35. The highest BCUT2D eigenvalue weighted by atomic mass is 32.2. The summed E-state index contributed by atoms with van der Waals surface area (Å²) in [6.45, 7) is 1.53. The van der Waals surface area contributed by atoms with Crippen molar-refractivity contribution in [2.75, 3.05) is 11.5 Å². The molecule has 0 heterocycles. The van der Waals surface area contributed by atoms with E-state index >= 15 is 0 Å². The Morgan fingerprint density at radius 3 is 2.56 bits per heavy atom. The van der Waals surface area contributed by atoms with Crippen molar-refractivity contribution < 1.29 is 18.3 Å². The normalized spacial score (nSPS) is 11.3. The molecule has 3 N–H and O–H groups in total. The first kappa shape index (κ1) is 12.5. The van der Waals surface area contributed by atoms with Crippen molar-refractivity contribution in [3.63, 3.8) is 0 Å². The van der Waals surface area contributed by atoms with Gasteiger partial charge in [-0.15, -0.1) is 0 Å². The minimum absolute atomic E-state index is 0.00371. The Hall–Kier alpha value is -1.56. The van der Waals surface area contributed by atoms with Crippen LogP contribution in [0.5, 0.6) is 0 Å². The van der Waals surface area contributed by atoms with Gasteiger partial charge in [-0.05, 0) is 23.8 Å². The van der Waals surface area contributed by atoms with Gasteiger partial charge in [0.05, 0.1) is 11.3 Å². The molecule has 0 bridgehead atoms. The number of benzene rings is 1. The molecular formula is C10H13NO4S. The van der Waals surface area contributed by atoms with E-state index in [0.717, 1.165) is 0 Å². The third kappa shape index (κ3) is 2.96. The van der Waals surface area contributed by atoms with Crippen molar-refractivity contribution in [3.05, 3.63) is 29.3 Å². The third-order valence-corrected chi connectivity index (χ3v) is 3.84. The largest absolute Gasteiger partial charge is 0.478 e. The van der Waals surface area contributed by atoms with Gasteiger partial charge in [0.1, 0.15) is 0 Å². The molecule has 1 aromatic rings. The summed E-state index contributed by atoms with van der Waals surface area (Å²) < 4.78 is 22.8. The summed E-state index contributed by atoms with van der Waals surface area (Å²) >= 11 is 0. The Labute approximate surface area is 93.8 Å². The molecule has 0 aromatic heterocycles. The second kappa shape index (κ2) is 4.52. The minimum Gasteiger partial charge on any atom is -0.478 e. The second-order valence-corrected chi connectivity index (χ2v) is 5.75. The van der Waals surface area contributed by atoms with Crippen LogP contribution >= 0.6 is 0 Å². The first-order valence-corrected chi connectivity index (χ1v) is 6.50. The summed E-state index contributed by atoms with van der Waals surface area (Å²) in [6.07, 6.45) is 0. The number of hydrogen-bond acceptors (Lipinski definition) is 4. The molecule has 16 heavy (non-hydrogen) atoms. The van der Waals surface area contributed by atoms with E-state index in [1.807, 2.05) is 0 Å². The van der Waals surface area contributed by atoms with Crippen LogP contribution in [-0.4, -0.2) is 25.2 Å². The molecule has 0 saturated carbocycles. The highest BCUT2D eigenvalue weighted by Crippen LogP contribution is 2.17. The number of sulfone groups is 1. The van der Waals surface area contributed by atoms with E-state index in [-0.39, 0.29) is 17.1 Å². The van der Waals surface area contributed by atoms with Gasteiger partial charge in [0.2, 0.25) is 0 Å². The van der Waals surface area contributed by atoms with Crippen LogP contribution in [0.3, 0.4) is 0 Å². The predicted octanol–water partition coefficient (Wildman–Crippen LogP) is 0.902. The van der Waals surface area contributed by atoms with E-state index in [2.05, 4.69) is 0 Å². The molecule has 6 heteroatoms. The fourth-order valence-corrected chi connectivity index (χ4v) is 2.13. The van der Waals surface area contributed by atoms with Gasteiger partial charge in [-0.1, -0.05) is 6.92 Å². The van der Waals surface area contributed by atoms with E-state index < -0.39 is 15.8 Å². The van der Waals surface area contributed by atoms with Crippen LogP contribution in [0.25, 0.3) is 0 Å². The average molecular weight is 243 g/mol. The number of nitrogens with two attached hydrogens (primary N) is 1. The maximum atomic E-state index is 11.4. The summed E-state index contributed by atoms with van der Waals surface area (Å²) in [5, 5.41) is 8.77. The van der Waals surface area contributed by atoms with Crippen molar-refractivity contribution in [2.24, 2.45) is 0 Å². The van der Waals surface area contributed by atoms with E-state index in [1.165, 1.54) is 25.1 Å². The molecule has 88 valence electrons. The molecule has 0 fully saturated rings. The van der Waals surface area contributed by atoms with Gasteiger partial charge in [-0.3, -0.25) is 0 Å². The number of carbonyl (C=O) groups is 1. The van der Waals surface area contributed by atoms with Gasteiger partial charge in [0, 0.05) is 11.4 Å². The van der Waals surface area contributed by atoms with Gasteiger partial charge >= 0.3 is 5.97 Å². The zero-order valence-corrected chi connectivity index (χ0v) is 9.62. The SMILES string of the molecule is CCS(=O)(=O)Cc1cc(C(=O)O)ccc1N. The lowest BCUT2D eigenvalue weighted by Crippen LogP contribution is -2.09. The summed E-state index contributed by atoms with van der Waals surface area (Å²) in [6, 6.07) is 4.05. The molecule has 5 nitrogen and oxygen atoms in total. The molecule has 0 radical (unpaired) electrons. The smallest absolute Gasteiger partial charge is 0.335 e. The Kier molecular flexibility index (Phi) is 3.54. The Balaban J connectivity index is 3.13. The van der Waals surface area contributed by atoms with Crippen LogP contribution in [0.1, 0.15) is 22.8 Å². The molecule has 0 amide bonds. The zero-order chi connectivity index (χ0) is 12.3. The van der Waals surface area contributed by atoms with Crippen molar-refractivity contribution in [2.45, 2.75) is 12.7 Å². The first-order valence-electron chi connectivity index (χ1n) is 4.68. The molecular weight excluding hydrogens is 230 g/mol. The Bertz CT molecular complexity index is 508. The lowest BCUT2D eigenvalue weighted by atomic mass is 10.1. The van der Waals surface area contributed by atoms with E-state index in [4.69, 9.17) is 10.8 Å². The second-order valence-electron chi connectivity index (χ2n) is 3.40. The summed E-state index contributed by atoms with van der Waals surface area (Å²) in [7, 11) is -3.21. The number of rotatable bonds is 4. The van der Waals surface area contributed by atoms with Crippen LogP contribution in [0, 0.1) is 0 Å². The molecule has 0 unspecified atom stereocenters. The van der Waals surface area contributed by atoms with E-state index in [1.54, 1.807) is 0 Å². The fraction of sp³-hybridized carbons (Fsp3) is 0.300. The van der Waals surface area contributed by atoms with Gasteiger partial charge in [-0.25, -0.2) is 13.2 Å². The molecule has 0 spiro atoms. The number of hydrogen-bond donors (Lipinski definition) is 2. The molecule has 1 aromatic carbocycles. The van der Waals surface area contributed by atoms with Crippen LogP contribution < -0.4 is 5.73 Å². The minimum atomic E-state index is -3.21. The quantitative estimate of drug-likeness (QED) is 0.766. The highest BCUT2D eigenvalue weighted by molar-refractivity contribution is 7.90. The maximum absolute atomic E-state index is 11.4. The summed E-state index contributed by atoms with van der Waals surface area (Å²) in [5.41, 5.74) is 6.26. The van der Waals surface area contributed by atoms with Crippen LogP contribution in [0.2, 0.25) is 0 Å². The van der Waals surface area contributed by atoms with Crippen molar-refractivity contribution in [1.82, 2.24) is 0 Å². The number of aromatic carboxylic acids is 1. The van der Waals surface area contributed by atoms with Gasteiger partial charge in [-0.2, -0.15) is 0 Å². The lowest BCUT2D eigenvalue weighted by molar-refractivity contribution is 0.0697. The van der Waals surface area contributed by atoms with Crippen LogP contribution in [0.15, 0.2) is 18.2 Å². The number of carboxylic acids is 1. The number of anilines is 1. The molecule has 0 saturated heterocycles.